The van der Waals surface area contributed by atoms with Gasteiger partial charge < -0.3 is 9.15 Å². The summed E-state index contributed by atoms with van der Waals surface area (Å²) in [6, 6.07) is 7.33. The number of carbonyl (C=O) groups is 1. The second-order valence-electron chi connectivity index (χ2n) is 3.65. The number of carbonyl (C=O) groups excluding carboxylic acids is 1. The number of hydrogen-bond acceptors (Lipinski definition) is 4. The van der Waals surface area contributed by atoms with Crippen molar-refractivity contribution in [3.63, 3.8) is 0 Å². The molecule has 4 nitrogen and oxygen atoms in total. The molecule has 0 saturated carbocycles. The van der Waals surface area contributed by atoms with Crippen molar-refractivity contribution in [1.29, 1.82) is 0 Å². The maximum Gasteiger partial charge on any atom is 0.360 e. The Hall–Kier alpha value is -1.81. The number of hydrogen-bond donors (Lipinski definition) is 0. The summed E-state index contributed by atoms with van der Waals surface area (Å²) in [5.41, 5.74) is 1.22. The Labute approximate surface area is 110 Å². The van der Waals surface area contributed by atoms with Crippen LogP contribution in [-0.2, 0) is 11.2 Å². The summed E-state index contributed by atoms with van der Waals surface area (Å²) in [5.74, 6) is 0.0333. The SMILES string of the molecule is CCOC(=O)c1ncoc1Cc1ccc(Cl)cc1. The predicted molar refractivity (Wildman–Crippen MR) is 66.7 cm³/mol. The second kappa shape index (κ2) is 5.69. The van der Waals surface area contributed by atoms with Gasteiger partial charge in [-0.25, -0.2) is 9.78 Å². The van der Waals surface area contributed by atoms with Gasteiger partial charge in [0.2, 0.25) is 0 Å². The van der Waals surface area contributed by atoms with Gasteiger partial charge in [0.15, 0.2) is 12.1 Å². The van der Waals surface area contributed by atoms with Crippen LogP contribution in [0.4, 0.5) is 0 Å². The molecule has 0 atom stereocenters. The molecule has 0 N–H and O–H groups in total. The van der Waals surface area contributed by atoms with E-state index in [0.29, 0.717) is 23.8 Å². The molecule has 5 heteroatoms. The van der Waals surface area contributed by atoms with Crippen molar-refractivity contribution in [1.82, 2.24) is 4.98 Å². The molecule has 0 amide bonds. The minimum Gasteiger partial charge on any atom is -0.461 e. The fourth-order valence-corrected chi connectivity index (χ4v) is 1.68. The highest BCUT2D eigenvalue weighted by molar-refractivity contribution is 6.30. The Morgan fingerprint density at radius 3 is 2.78 bits per heavy atom. The molecule has 0 aliphatic rings. The van der Waals surface area contributed by atoms with Crippen LogP contribution in [0.3, 0.4) is 0 Å². The van der Waals surface area contributed by atoms with E-state index in [9.17, 15) is 4.79 Å². The molecule has 2 aromatic rings. The number of esters is 1. The van der Waals surface area contributed by atoms with Crippen molar-refractivity contribution in [3.8, 4) is 0 Å². The van der Waals surface area contributed by atoms with Crippen LogP contribution in [0.2, 0.25) is 5.02 Å². The molecule has 94 valence electrons. The van der Waals surface area contributed by atoms with E-state index in [-0.39, 0.29) is 5.69 Å². The molecule has 1 aromatic carbocycles. The summed E-state index contributed by atoms with van der Waals surface area (Å²) in [7, 11) is 0. The highest BCUT2D eigenvalue weighted by Crippen LogP contribution is 2.16. The average molecular weight is 266 g/mol. The lowest BCUT2D eigenvalue weighted by molar-refractivity contribution is 0.0518. The zero-order valence-corrected chi connectivity index (χ0v) is 10.6. The maximum absolute atomic E-state index is 11.6. The highest BCUT2D eigenvalue weighted by Gasteiger charge is 2.17. The number of nitrogens with zero attached hydrogens (tertiary/aromatic N) is 1. The van der Waals surface area contributed by atoms with Gasteiger partial charge in [-0.2, -0.15) is 0 Å². The second-order valence-corrected chi connectivity index (χ2v) is 4.08. The molecule has 18 heavy (non-hydrogen) atoms. The van der Waals surface area contributed by atoms with Crippen molar-refractivity contribution < 1.29 is 13.9 Å². The van der Waals surface area contributed by atoms with Gasteiger partial charge >= 0.3 is 5.97 Å². The number of aromatic nitrogens is 1. The average Bonchev–Trinajstić information content (AvgIpc) is 2.81. The zero-order valence-electron chi connectivity index (χ0n) is 9.85. The molecule has 0 fully saturated rings. The van der Waals surface area contributed by atoms with Crippen LogP contribution in [0.25, 0.3) is 0 Å². The predicted octanol–water partition coefficient (Wildman–Crippen LogP) is 3.10. The fourth-order valence-electron chi connectivity index (χ4n) is 1.55. The Kier molecular flexibility index (Phi) is 3.99. The number of rotatable bonds is 4. The summed E-state index contributed by atoms with van der Waals surface area (Å²) in [5, 5.41) is 0.668. The molecule has 0 bridgehead atoms. The first kappa shape index (κ1) is 12.6. The van der Waals surface area contributed by atoms with E-state index in [1.807, 2.05) is 12.1 Å². The van der Waals surface area contributed by atoms with Crippen LogP contribution >= 0.6 is 11.6 Å². The molecule has 0 saturated heterocycles. The summed E-state index contributed by atoms with van der Waals surface area (Å²) in [6.45, 7) is 2.06. The van der Waals surface area contributed by atoms with E-state index in [0.717, 1.165) is 5.56 Å². The number of halogens is 1. The molecule has 1 heterocycles. The third-order valence-electron chi connectivity index (χ3n) is 2.39. The Bertz CT molecular complexity index is 533. The Morgan fingerprint density at radius 1 is 1.39 bits per heavy atom. The van der Waals surface area contributed by atoms with Crippen molar-refractivity contribution >= 4 is 17.6 Å². The van der Waals surface area contributed by atoms with E-state index in [1.54, 1.807) is 19.1 Å². The van der Waals surface area contributed by atoms with E-state index < -0.39 is 5.97 Å². The molecule has 2 rings (SSSR count). The van der Waals surface area contributed by atoms with Crippen molar-refractivity contribution in [2.45, 2.75) is 13.3 Å². The van der Waals surface area contributed by atoms with E-state index in [2.05, 4.69) is 4.98 Å². The number of benzene rings is 1. The Balaban J connectivity index is 2.17. The standard InChI is InChI=1S/C13H12ClNO3/c1-2-17-13(16)12-11(18-8-15-12)7-9-3-5-10(14)6-4-9/h3-6,8H,2,7H2,1H3. The first-order valence-corrected chi connectivity index (χ1v) is 5.92. The van der Waals surface area contributed by atoms with Crippen LogP contribution in [0.1, 0.15) is 28.7 Å². The monoisotopic (exact) mass is 265 g/mol. The first-order valence-electron chi connectivity index (χ1n) is 5.54. The fraction of sp³-hybridized carbons (Fsp3) is 0.231. The summed E-state index contributed by atoms with van der Waals surface area (Å²) in [4.78, 5) is 15.5. The van der Waals surface area contributed by atoms with Crippen molar-refractivity contribution in [2.75, 3.05) is 6.61 Å². The van der Waals surface area contributed by atoms with Gasteiger partial charge in [0.25, 0.3) is 0 Å². The van der Waals surface area contributed by atoms with Crippen LogP contribution in [-0.4, -0.2) is 17.6 Å². The van der Waals surface area contributed by atoms with Crippen LogP contribution < -0.4 is 0 Å². The smallest absolute Gasteiger partial charge is 0.360 e. The van der Waals surface area contributed by atoms with Crippen LogP contribution in [0, 0.1) is 0 Å². The van der Waals surface area contributed by atoms with Gasteiger partial charge in [0, 0.05) is 11.4 Å². The minimum absolute atomic E-state index is 0.229. The molecular formula is C13H12ClNO3. The van der Waals surface area contributed by atoms with Gasteiger partial charge in [-0.1, -0.05) is 23.7 Å². The summed E-state index contributed by atoms with van der Waals surface area (Å²) >= 11 is 5.81. The van der Waals surface area contributed by atoms with Crippen molar-refractivity contribution in [2.24, 2.45) is 0 Å². The van der Waals surface area contributed by atoms with Gasteiger partial charge in [0.1, 0.15) is 5.76 Å². The van der Waals surface area contributed by atoms with Crippen molar-refractivity contribution in [3.05, 3.63) is 52.7 Å². The van der Waals surface area contributed by atoms with Gasteiger partial charge in [-0.3, -0.25) is 0 Å². The summed E-state index contributed by atoms with van der Waals surface area (Å²) in [6.07, 6.45) is 1.73. The van der Waals surface area contributed by atoms with Gasteiger partial charge in [-0.15, -0.1) is 0 Å². The van der Waals surface area contributed by atoms with Crippen LogP contribution in [0.5, 0.6) is 0 Å². The van der Waals surface area contributed by atoms with Gasteiger partial charge in [-0.05, 0) is 24.6 Å². The summed E-state index contributed by atoms with van der Waals surface area (Å²) < 4.78 is 10.1. The number of oxazole rings is 1. The third kappa shape index (κ3) is 2.90. The topological polar surface area (TPSA) is 52.3 Å². The van der Waals surface area contributed by atoms with Crippen LogP contribution in [0.15, 0.2) is 35.1 Å². The molecular weight excluding hydrogens is 254 g/mol. The molecule has 0 aliphatic carbocycles. The Morgan fingerprint density at radius 2 is 2.11 bits per heavy atom. The molecule has 1 aromatic heterocycles. The lowest BCUT2D eigenvalue weighted by atomic mass is 10.1. The van der Waals surface area contributed by atoms with E-state index in [1.165, 1.54) is 6.39 Å². The van der Waals surface area contributed by atoms with E-state index >= 15 is 0 Å². The lowest BCUT2D eigenvalue weighted by Gasteiger charge is -2.02. The third-order valence-corrected chi connectivity index (χ3v) is 2.64. The largest absolute Gasteiger partial charge is 0.461 e. The zero-order chi connectivity index (χ0) is 13.0. The molecule has 0 radical (unpaired) electrons. The molecule has 0 spiro atoms. The van der Waals surface area contributed by atoms with Gasteiger partial charge in [0.05, 0.1) is 6.61 Å². The normalized spacial score (nSPS) is 10.3. The minimum atomic E-state index is -0.463. The first-order chi connectivity index (χ1) is 8.70. The van der Waals surface area contributed by atoms with E-state index in [4.69, 9.17) is 20.8 Å². The maximum atomic E-state index is 11.6. The highest BCUT2D eigenvalue weighted by atomic mass is 35.5. The molecule has 0 aliphatic heterocycles. The molecule has 0 unspecified atom stereocenters. The number of ether oxygens (including phenoxy) is 1. The lowest BCUT2D eigenvalue weighted by Crippen LogP contribution is -2.08. The quantitative estimate of drug-likeness (QED) is 0.797.